The summed E-state index contributed by atoms with van der Waals surface area (Å²) in [5, 5.41) is 7.29. The number of rotatable bonds is 4. The second kappa shape index (κ2) is 10.4. The number of furan rings is 1. The van der Waals surface area contributed by atoms with Gasteiger partial charge >= 0.3 is 0 Å². The molecule has 0 radical (unpaired) electrons. The fraction of sp³-hybridized carbons (Fsp3) is 0. The lowest BCUT2D eigenvalue weighted by atomic mass is 9.83. The molecule has 0 fully saturated rings. The summed E-state index contributed by atoms with van der Waals surface area (Å²) in [5.74, 6) is 0. The van der Waals surface area contributed by atoms with Gasteiger partial charge in [-0.15, -0.1) is 0 Å². The third-order valence-electron chi connectivity index (χ3n) is 9.10. The second-order valence-corrected chi connectivity index (χ2v) is 11.6. The van der Waals surface area contributed by atoms with Gasteiger partial charge in [0.1, 0.15) is 11.2 Å². The molecule has 0 unspecified atom stereocenters. The quantitative estimate of drug-likeness (QED) is 0.191. The Kier molecular flexibility index (Phi) is 5.89. The highest BCUT2D eigenvalue weighted by molar-refractivity contribution is 6.23. The molecule has 0 bridgehead atoms. The third-order valence-corrected chi connectivity index (χ3v) is 9.10. The van der Waals surface area contributed by atoms with Crippen LogP contribution in [0.4, 0.5) is 0 Å². The number of para-hydroxylation sites is 1. The molecule has 1 heterocycles. The molecule has 0 spiro atoms. The minimum Gasteiger partial charge on any atom is -0.456 e. The molecule has 0 saturated carbocycles. The van der Waals surface area contributed by atoms with Gasteiger partial charge in [-0.1, -0.05) is 158 Å². The monoisotopic (exact) mass is 572 g/mol. The number of hydrogen-bond donors (Lipinski definition) is 0. The maximum absolute atomic E-state index is 6.30. The Balaban J connectivity index is 1.32. The van der Waals surface area contributed by atoms with E-state index in [4.69, 9.17) is 4.42 Å². The van der Waals surface area contributed by atoms with Gasteiger partial charge in [-0.3, -0.25) is 0 Å². The van der Waals surface area contributed by atoms with Crippen LogP contribution in [0.2, 0.25) is 0 Å². The Morgan fingerprint density at radius 1 is 0.267 bits per heavy atom. The highest BCUT2D eigenvalue weighted by atomic mass is 16.3. The highest BCUT2D eigenvalue weighted by Crippen LogP contribution is 2.47. The van der Waals surface area contributed by atoms with Crippen molar-refractivity contribution in [2.45, 2.75) is 0 Å². The molecule has 1 heteroatoms. The van der Waals surface area contributed by atoms with E-state index in [1.165, 1.54) is 66.1 Å². The molecule has 0 saturated heterocycles. The molecule has 210 valence electrons. The summed E-state index contributed by atoms with van der Waals surface area (Å²) in [6, 6.07) is 61.0. The molecular weight excluding hydrogens is 544 g/mol. The molecule has 1 nitrogen and oxygen atoms in total. The molecule has 9 aromatic rings. The van der Waals surface area contributed by atoms with Crippen LogP contribution in [-0.2, 0) is 0 Å². The predicted octanol–water partition coefficient (Wildman–Crippen LogP) is 12.6. The zero-order chi connectivity index (χ0) is 29.7. The van der Waals surface area contributed by atoms with Crippen LogP contribution in [0.15, 0.2) is 174 Å². The summed E-state index contributed by atoms with van der Waals surface area (Å²) in [6.07, 6.45) is 0. The third kappa shape index (κ3) is 4.09. The topological polar surface area (TPSA) is 13.1 Å². The van der Waals surface area contributed by atoms with Gasteiger partial charge in [0.05, 0.1) is 0 Å². The van der Waals surface area contributed by atoms with Crippen LogP contribution < -0.4 is 0 Å². The molecule has 45 heavy (non-hydrogen) atoms. The molecule has 0 amide bonds. The van der Waals surface area contributed by atoms with E-state index in [1.54, 1.807) is 0 Å². The van der Waals surface area contributed by atoms with Gasteiger partial charge in [-0.2, -0.15) is 0 Å². The maximum Gasteiger partial charge on any atom is 0.136 e. The van der Waals surface area contributed by atoms with Gasteiger partial charge in [-0.05, 0) is 78.2 Å². The summed E-state index contributed by atoms with van der Waals surface area (Å²) < 4.78 is 6.30. The minimum absolute atomic E-state index is 0.910. The smallest absolute Gasteiger partial charge is 0.136 e. The van der Waals surface area contributed by atoms with E-state index in [0.29, 0.717) is 0 Å². The first-order chi connectivity index (χ1) is 22.3. The van der Waals surface area contributed by atoms with Crippen molar-refractivity contribution in [3.8, 4) is 44.5 Å². The van der Waals surface area contributed by atoms with Crippen molar-refractivity contribution in [3.05, 3.63) is 170 Å². The van der Waals surface area contributed by atoms with Gasteiger partial charge in [0.15, 0.2) is 0 Å². The van der Waals surface area contributed by atoms with Crippen molar-refractivity contribution < 1.29 is 4.42 Å². The minimum atomic E-state index is 0.910. The van der Waals surface area contributed by atoms with E-state index in [2.05, 4.69) is 164 Å². The SMILES string of the molecule is c1ccc(-c2ccc(-c3c4ccccc4c(-c4ccccc4-c4cccc5oc6ccccc6c45)c4ccccc34)cc2)cc1. The normalized spacial score (nSPS) is 11.6. The van der Waals surface area contributed by atoms with Crippen molar-refractivity contribution in [2.24, 2.45) is 0 Å². The Labute approximate surface area is 261 Å². The van der Waals surface area contributed by atoms with Gasteiger partial charge < -0.3 is 4.42 Å². The fourth-order valence-electron chi connectivity index (χ4n) is 7.12. The first-order valence-corrected chi connectivity index (χ1v) is 15.4. The largest absolute Gasteiger partial charge is 0.456 e. The molecule has 0 aliphatic carbocycles. The van der Waals surface area contributed by atoms with Crippen LogP contribution in [0, 0.1) is 0 Å². The van der Waals surface area contributed by atoms with Crippen molar-refractivity contribution in [3.63, 3.8) is 0 Å². The molecular formula is C44H28O. The van der Waals surface area contributed by atoms with Crippen molar-refractivity contribution in [1.82, 2.24) is 0 Å². The summed E-state index contributed by atoms with van der Waals surface area (Å²) in [5.41, 5.74) is 11.6. The van der Waals surface area contributed by atoms with Crippen molar-refractivity contribution in [2.75, 3.05) is 0 Å². The fourth-order valence-corrected chi connectivity index (χ4v) is 7.12. The Hall–Kier alpha value is -5.92. The molecule has 9 rings (SSSR count). The van der Waals surface area contributed by atoms with Gasteiger partial charge in [0.25, 0.3) is 0 Å². The van der Waals surface area contributed by atoms with E-state index < -0.39 is 0 Å². The Bertz CT molecular complexity index is 2460. The molecule has 0 atom stereocenters. The average molecular weight is 573 g/mol. The van der Waals surface area contributed by atoms with Gasteiger partial charge in [0, 0.05) is 10.8 Å². The standard InChI is InChI=1S/C44H28O/c1-2-13-29(14-3-1)30-25-27-31(28-26-30)42-35-17-6-8-19-37(35)43(38-20-9-7-18-36(38)42)33-16-5-4-15-32(33)34-22-12-24-41-44(34)39-21-10-11-23-40(39)45-41/h1-28H. The first-order valence-electron chi connectivity index (χ1n) is 15.4. The van der Waals surface area contributed by atoms with Crippen LogP contribution in [0.5, 0.6) is 0 Å². The van der Waals surface area contributed by atoms with Crippen LogP contribution in [0.3, 0.4) is 0 Å². The average Bonchev–Trinajstić information content (AvgIpc) is 3.50. The Morgan fingerprint density at radius 3 is 1.42 bits per heavy atom. The van der Waals surface area contributed by atoms with E-state index in [9.17, 15) is 0 Å². The van der Waals surface area contributed by atoms with E-state index in [0.717, 1.165) is 21.9 Å². The molecule has 0 aliphatic rings. The molecule has 1 aromatic heterocycles. The number of fused-ring (bicyclic) bond motifs is 5. The van der Waals surface area contributed by atoms with E-state index in [-0.39, 0.29) is 0 Å². The van der Waals surface area contributed by atoms with Gasteiger partial charge in [0.2, 0.25) is 0 Å². The lowest BCUT2D eigenvalue weighted by Gasteiger charge is -2.20. The molecule has 0 aliphatic heterocycles. The summed E-state index contributed by atoms with van der Waals surface area (Å²) in [6.45, 7) is 0. The lowest BCUT2D eigenvalue weighted by Crippen LogP contribution is -1.93. The maximum atomic E-state index is 6.30. The van der Waals surface area contributed by atoms with Crippen molar-refractivity contribution in [1.29, 1.82) is 0 Å². The molecule has 8 aromatic carbocycles. The lowest BCUT2D eigenvalue weighted by molar-refractivity contribution is 0.669. The second-order valence-electron chi connectivity index (χ2n) is 11.6. The summed E-state index contributed by atoms with van der Waals surface area (Å²) in [4.78, 5) is 0. The van der Waals surface area contributed by atoms with Gasteiger partial charge in [-0.25, -0.2) is 0 Å². The van der Waals surface area contributed by atoms with E-state index in [1.807, 2.05) is 6.07 Å². The van der Waals surface area contributed by atoms with Crippen molar-refractivity contribution >= 4 is 43.5 Å². The first kappa shape index (κ1) is 25.6. The summed E-state index contributed by atoms with van der Waals surface area (Å²) >= 11 is 0. The Morgan fingerprint density at radius 2 is 0.733 bits per heavy atom. The van der Waals surface area contributed by atoms with Crippen LogP contribution in [0.25, 0.3) is 88.0 Å². The molecule has 0 N–H and O–H groups in total. The zero-order valence-electron chi connectivity index (χ0n) is 24.6. The summed E-state index contributed by atoms with van der Waals surface area (Å²) in [7, 11) is 0. The van der Waals surface area contributed by atoms with Crippen LogP contribution >= 0.6 is 0 Å². The number of benzene rings is 8. The highest BCUT2D eigenvalue weighted by Gasteiger charge is 2.20. The van der Waals surface area contributed by atoms with Crippen LogP contribution in [0.1, 0.15) is 0 Å². The van der Waals surface area contributed by atoms with Crippen LogP contribution in [-0.4, -0.2) is 0 Å². The predicted molar refractivity (Wildman–Crippen MR) is 190 cm³/mol. The zero-order valence-corrected chi connectivity index (χ0v) is 24.6. The van der Waals surface area contributed by atoms with E-state index >= 15 is 0 Å². The number of hydrogen-bond acceptors (Lipinski definition) is 1.